The van der Waals surface area contributed by atoms with Crippen LogP contribution in [0.2, 0.25) is 0 Å². The first kappa shape index (κ1) is 15.0. The van der Waals surface area contributed by atoms with E-state index in [1.807, 2.05) is 20.9 Å². The number of aliphatic hydroxyl groups is 1. The van der Waals surface area contributed by atoms with Crippen molar-refractivity contribution in [3.8, 4) is 0 Å². The Bertz CT molecular complexity index is 463. The lowest BCUT2D eigenvalue weighted by molar-refractivity contribution is 0.106. The highest BCUT2D eigenvalue weighted by Gasteiger charge is 2.28. The predicted molar refractivity (Wildman–Crippen MR) is 82.3 cm³/mol. The third kappa shape index (κ3) is 3.03. The molecule has 1 aliphatic carbocycles. The molecule has 0 aliphatic heterocycles. The molecular formula is C15H26N4O. The van der Waals surface area contributed by atoms with Gasteiger partial charge in [0.15, 0.2) is 0 Å². The number of likely N-dealkylation sites (N-methyl/N-ethyl adjacent to an activating group) is 1. The summed E-state index contributed by atoms with van der Waals surface area (Å²) in [6, 6.07) is 0.159. The molecule has 0 bridgehead atoms. The number of aryl methyl sites for hydroxylation is 1. The quantitative estimate of drug-likeness (QED) is 0.884. The predicted octanol–water partition coefficient (Wildman–Crippen LogP) is 2.26. The minimum Gasteiger partial charge on any atom is -0.391 e. The van der Waals surface area contributed by atoms with Crippen LogP contribution in [0.4, 0.5) is 11.6 Å². The molecule has 5 nitrogen and oxygen atoms in total. The minimum absolute atomic E-state index is 0.159. The van der Waals surface area contributed by atoms with Crippen LogP contribution in [0.15, 0.2) is 0 Å². The summed E-state index contributed by atoms with van der Waals surface area (Å²) < 4.78 is 0. The van der Waals surface area contributed by atoms with Gasteiger partial charge < -0.3 is 15.3 Å². The summed E-state index contributed by atoms with van der Waals surface area (Å²) in [7, 11) is 2.03. The molecule has 1 heterocycles. The van der Waals surface area contributed by atoms with Crippen molar-refractivity contribution in [3.05, 3.63) is 11.4 Å². The van der Waals surface area contributed by atoms with Crippen LogP contribution in [0.25, 0.3) is 0 Å². The molecule has 1 fully saturated rings. The zero-order valence-corrected chi connectivity index (χ0v) is 13.0. The van der Waals surface area contributed by atoms with Crippen LogP contribution >= 0.6 is 0 Å². The van der Waals surface area contributed by atoms with E-state index in [4.69, 9.17) is 0 Å². The Kier molecular flexibility index (Phi) is 4.81. The number of hydrogen-bond acceptors (Lipinski definition) is 5. The van der Waals surface area contributed by atoms with Crippen LogP contribution in [0.1, 0.15) is 44.0 Å². The number of aliphatic hydroxyl groups excluding tert-OH is 1. The van der Waals surface area contributed by atoms with Gasteiger partial charge in [0.1, 0.15) is 17.5 Å². The highest BCUT2D eigenvalue weighted by atomic mass is 16.3. The Balaban J connectivity index is 2.30. The first-order chi connectivity index (χ1) is 9.54. The van der Waals surface area contributed by atoms with Crippen molar-refractivity contribution in [3.63, 3.8) is 0 Å². The molecule has 112 valence electrons. The van der Waals surface area contributed by atoms with Gasteiger partial charge in [0.05, 0.1) is 12.1 Å². The van der Waals surface area contributed by atoms with Crippen LogP contribution in [-0.4, -0.2) is 40.8 Å². The lowest BCUT2D eigenvalue weighted by Crippen LogP contribution is -2.44. The molecule has 2 N–H and O–H groups in total. The Labute approximate surface area is 121 Å². The molecule has 1 aromatic heterocycles. The second-order valence-corrected chi connectivity index (χ2v) is 5.63. The number of nitrogens with one attached hydrogen (secondary N) is 1. The smallest absolute Gasteiger partial charge is 0.137 e. The molecule has 1 aromatic rings. The molecule has 0 spiro atoms. The van der Waals surface area contributed by atoms with Gasteiger partial charge in [-0.25, -0.2) is 9.97 Å². The van der Waals surface area contributed by atoms with E-state index in [2.05, 4.69) is 27.1 Å². The molecule has 0 radical (unpaired) electrons. The maximum atomic E-state index is 10.2. The fourth-order valence-corrected chi connectivity index (χ4v) is 3.00. The highest BCUT2D eigenvalue weighted by molar-refractivity contribution is 5.58. The monoisotopic (exact) mass is 278 g/mol. The van der Waals surface area contributed by atoms with Gasteiger partial charge in [-0.2, -0.15) is 0 Å². The normalized spacial score (nSPS) is 22.6. The third-order valence-corrected chi connectivity index (χ3v) is 4.10. The topological polar surface area (TPSA) is 61.3 Å². The Morgan fingerprint density at radius 3 is 2.60 bits per heavy atom. The molecule has 5 heteroatoms. The van der Waals surface area contributed by atoms with Crippen molar-refractivity contribution in [2.45, 2.75) is 58.6 Å². The van der Waals surface area contributed by atoms with Crippen LogP contribution in [-0.2, 0) is 0 Å². The van der Waals surface area contributed by atoms with Gasteiger partial charge in [0.25, 0.3) is 0 Å². The molecule has 20 heavy (non-hydrogen) atoms. The zero-order valence-electron chi connectivity index (χ0n) is 13.0. The highest BCUT2D eigenvalue weighted by Crippen LogP contribution is 2.29. The van der Waals surface area contributed by atoms with Crippen molar-refractivity contribution in [2.24, 2.45) is 0 Å². The Morgan fingerprint density at radius 2 is 1.95 bits per heavy atom. The van der Waals surface area contributed by atoms with E-state index in [1.165, 1.54) is 6.42 Å². The SMILES string of the molecule is CCNc1nc(C)nc(N(C)C2CCCCC2O)c1C. The van der Waals surface area contributed by atoms with Gasteiger partial charge in [-0.1, -0.05) is 12.8 Å². The number of aromatic nitrogens is 2. The number of anilines is 2. The average molecular weight is 278 g/mol. The molecule has 2 atom stereocenters. The molecule has 0 saturated heterocycles. The van der Waals surface area contributed by atoms with Crippen molar-refractivity contribution < 1.29 is 5.11 Å². The molecule has 1 aliphatic rings. The maximum Gasteiger partial charge on any atom is 0.137 e. The second-order valence-electron chi connectivity index (χ2n) is 5.63. The van der Waals surface area contributed by atoms with E-state index in [1.54, 1.807) is 0 Å². The van der Waals surface area contributed by atoms with E-state index in [9.17, 15) is 5.11 Å². The summed E-state index contributed by atoms with van der Waals surface area (Å²) in [5.41, 5.74) is 1.05. The van der Waals surface area contributed by atoms with Crippen molar-refractivity contribution in [2.75, 3.05) is 23.8 Å². The fourth-order valence-electron chi connectivity index (χ4n) is 3.00. The van der Waals surface area contributed by atoms with Crippen molar-refractivity contribution in [1.29, 1.82) is 0 Å². The zero-order chi connectivity index (χ0) is 14.7. The summed E-state index contributed by atoms with van der Waals surface area (Å²) in [5.74, 6) is 2.59. The minimum atomic E-state index is -0.258. The first-order valence-electron chi connectivity index (χ1n) is 7.54. The molecule has 1 saturated carbocycles. The second kappa shape index (κ2) is 6.39. The summed E-state index contributed by atoms with van der Waals surface area (Å²) in [4.78, 5) is 11.2. The van der Waals surface area contributed by atoms with E-state index >= 15 is 0 Å². The molecule has 2 rings (SSSR count). The van der Waals surface area contributed by atoms with Gasteiger partial charge in [-0.15, -0.1) is 0 Å². The third-order valence-electron chi connectivity index (χ3n) is 4.10. The first-order valence-corrected chi connectivity index (χ1v) is 7.54. The van der Waals surface area contributed by atoms with Crippen LogP contribution < -0.4 is 10.2 Å². The standard InChI is InChI=1S/C15H26N4O/c1-5-16-14-10(2)15(18-11(3)17-14)19(4)12-8-6-7-9-13(12)20/h12-13,20H,5-9H2,1-4H3,(H,16,17,18). The summed E-state index contributed by atoms with van der Waals surface area (Å²) in [5, 5.41) is 13.5. The lowest BCUT2D eigenvalue weighted by atomic mass is 9.91. The van der Waals surface area contributed by atoms with Crippen LogP contribution in [0.5, 0.6) is 0 Å². The number of rotatable bonds is 4. The van der Waals surface area contributed by atoms with Gasteiger partial charge >= 0.3 is 0 Å². The Morgan fingerprint density at radius 1 is 1.25 bits per heavy atom. The summed E-state index contributed by atoms with van der Waals surface area (Å²) >= 11 is 0. The fraction of sp³-hybridized carbons (Fsp3) is 0.733. The number of hydrogen-bond donors (Lipinski definition) is 2. The maximum absolute atomic E-state index is 10.2. The molecule has 0 aromatic carbocycles. The Hall–Kier alpha value is -1.36. The molecule has 2 unspecified atom stereocenters. The molecular weight excluding hydrogens is 252 g/mol. The summed E-state index contributed by atoms with van der Waals surface area (Å²) in [6.45, 7) is 6.85. The van der Waals surface area contributed by atoms with Gasteiger partial charge in [-0.3, -0.25) is 0 Å². The lowest BCUT2D eigenvalue weighted by Gasteiger charge is -2.36. The van der Waals surface area contributed by atoms with Crippen LogP contribution in [0, 0.1) is 13.8 Å². The van der Waals surface area contributed by atoms with Gasteiger partial charge in [0, 0.05) is 19.2 Å². The van der Waals surface area contributed by atoms with Crippen molar-refractivity contribution >= 4 is 11.6 Å². The van der Waals surface area contributed by atoms with Gasteiger partial charge in [0.2, 0.25) is 0 Å². The van der Waals surface area contributed by atoms with Crippen molar-refractivity contribution in [1.82, 2.24) is 9.97 Å². The largest absolute Gasteiger partial charge is 0.391 e. The van der Waals surface area contributed by atoms with Gasteiger partial charge in [-0.05, 0) is 33.6 Å². The van der Waals surface area contributed by atoms with E-state index in [-0.39, 0.29) is 12.1 Å². The molecule has 0 amide bonds. The van der Waals surface area contributed by atoms with Crippen LogP contribution in [0.3, 0.4) is 0 Å². The van der Waals surface area contributed by atoms with E-state index < -0.39 is 0 Å². The summed E-state index contributed by atoms with van der Waals surface area (Å²) in [6.07, 6.45) is 3.95. The average Bonchev–Trinajstić information content (AvgIpc) is 2.42. The van der Waals surface area contributed by atoms with E-state index in [0.717, 1.165) is 48.8 Å². The van der Waals surface area contributed by atoms with E-state index in [0.29, 0.717) is 0 Å². The number of nitrogens with zero attached hydrogens (tertiary/aromatic N) is 3.